The maximum atomic E-state index is 13.5. The van der Waals surface area contributed by atoms with Crippen molar-refractivity contribution < 1.29 is 8.78 Å². The largest absolute Gasteiger partial charge is 0.369 e. The Bertz CT molecular complexity index is 343. The first-order valence-electron chi connectivity index (χ1n) is 5.37. The smallest absolute Gasteiger partial charge is 0.182 e. The standard InChI is InChI=1S/C12H15F2N/c1-9-5-7-15(8-6-9)11-4-2-3-10(13)12(11)14/h2-4,9H,5-8H2,1H3. The van der Waals surface area contributed by atoms with Gasteiger partial charge >= 0.3 is 0 Å². The summed E-state index contributed by atoms with van der Waals surface area (Å²) in [5.74, 6) is -0.781. The molecule has 1 aromatic rings. The lowest BCUT2D eigenvalue weighted by Gasteiger charge is -2.32. The first kappa shape index (κ1) is 10.4. The summed E-state index contributed by atoms with van der Waals surface area (Å²) in [5, 5.41) is 0. The predicted molar refractivity (Wildman–Crippen MR) is 57.0 cm³/mol. The molecule has 0 aliphatic carbocycles. The van der Waals surface area contributed by atoms with Gasteiger partial charge in [-0.25, -0.2) is 8.78 Å². The van der Waals surface area contributed by atoms with E-state index in [4.69, 9.17) is 0 Å². The second kappa shape index (κ2) is 4.17. The van der Waals surface area contributed by atoms with E-state index in [2.05, 4.69) is 6.92 Å². The predicted octanol–water partition coefficient (Wildman–Crippen LogP) is 3.20. The Balaban J connectivity index is 2.19. The molecule has 15 heavy (non-hydrogen) atoms. The minimum Gasteiger partial charge on any atom is -0.369 e. The second-order valence-corrected chi connectivity index (χ2v) is 4.24. The van der Waals surface area contributed by atoms with Gasteiger partial charge in [-0.05, 0) is 30.9 Å². The van der Waals surface area contributed by atoms with Crippen LogP contribution < -0.4 is 4.90 Å². The molecule has 0 radical (unpaired) electrons. The van der Waals surface area contributed by atoms with Gasteiger partial charge < -0.3 is 4.90 Å². The van der Waals surface area contributed by atoms with Crippen molar-refractivity contribution in [3.05, 3.63) is 29.8 Å². The van der Waals surface area contributed by atoms with E-state index in [0.29, 0.717) is 11.6 Å². The van der Waals surface area contributed by atoms with Crippen LogP contribution in [0.25, 0.3) is 0 Å². The fourth-order valence-electron chi connectivity index (χ4n) is 1.99. The Kier molecular flexibility index (Phi) is 2.89. The van der Waals surface area contributed by atoms with Crippen LogP contribution in [0.4, 0.5) is 14.5 Å². The molecule has 0 atom stereocenters. The molecule has 1 saturated heterocycles. The fraction of sp³-hybridized carbons (Fsp3) is 0.500. The van der Waals surface area contributed by atoms with Gasteiger partial charge in [-0.15, -0.1) is 0 Å². The molecule has 0 amide bonds. The number of benzene rings is 1. The minimum atomic E-state index is -0.758. The Labute approximate surface area is 88.7 Å². The van der Waals surface area contributed by atoms with Crippen LogP contribution in [-0.2, 0) is 0 Å². The molecule has 1 aliphatic rings. The third kappa shape index (κ3) is 2.11. The number of piperidine rings is 1. The highest BCUT2D eigenvalue weighted by atomic mass is 19.2. The molecule has 0 saturated carbocycles. The lowest BCUT2D eigenvalue weighted by molar-refractivity contribution is 0.430. The third-order valence-corrected chi connectivity index (χ3v) is 3.06. The summed E-state index contributed by atoms with van der Waals surface area (Å²) >= 11 is 0. The SMILES string of the molecule is CC1CCN(c2cccc(F)c2F)CC1. The molecule has 2 rings (SSSR count). The summed E-state index contributed by atoms with van der Waals surface area (Å²) in [4.78, 5) is 1.93. The summed E-state index contributed by atoms with van der Waals surface area (Å²) < 4.78 is 26.5. The van der Waals surface area contributed by atoms with Gasteiger partial charge in [0.05, 0.1) is 5.69 Å². The molecule has 1 heterocycles. The number of anilines is 1. The van der Waals surface area contributed by atoms with Crippen molar-refractivity contribution in [1.29, 1.82) is 0 Å². The summed E-state index contributed by atoms with van der Waals surface area (Å²) in [6, 6.07) is 4.37. The molecule has 0 spiro atoms. The summed E-state index contributed by atoms with van der Waals surface area (Å²) in [6.45, 7) is 3.84. The van der Waals surface area contributed by atoms with Crippen molar-refractivity contribution in [3.8, 4) is 0 Å². The molecule has 1 aromatic carbocycles. The van der Waals surface area contributed by atoms with E-state index >= 15 is 0 Å². The average Bonchev–Trinajstić information content (AvgIpc) is 2.24. The topological polar surface area (TPSA) is 3.24 Å². The van der Waals surface area contributed by atoms with E-state index < -0.39 is 11.6 Å². The monoisotopic (exact) mass is 211 g/mol. The van der Waals surface area contributed by atoms with E-state index in [1.165, 1.54) is 0 Å². The number of nitrogens with zero attached hydrogens (tertiary/aromatic N) is 1. The van der Waals surface area contributed by atoms with Gasteiger partial charge in [-0.2, -0.15) is 0 Å². The molecule has 1 aliphatic heterocycles. The third-order valence-electron chi connectivity index (χ3n) is 3.06. The number of rotatable bonds is 1. The van der Waals surface area contributed by atoms with Gasteiger partial charge in [-0.3, -0.25) is 0 Å². The van der Waals surface area contributed by atoms with Gasteiger partial charge in [-0.1, -0.05) is 13.0 Å². The van der Waals surface area contributed by atoms with Crippen LogP contribution in [0.2, 0.25) is 0 Å². The van der Waals surface area contributed by atoms with E-state index in [0.717, 1.165) is 32.0 Å². The zero-order valence-corrected chi connectivity index (χ0v) is 8.84. The van der Waals surface area contributed by atoms with Gasteiger partial charge in [0.1, 0.15) is 0 Å². The zero-order valence-electron chi connectivity index (χ0n) is 8.84. The highest BCUT2D eigenvalue weighted by molar-refractivity contribution is 5.48. The zero-order chi connectivity index (χ0) is 10.8. The maximum Gasteiger partial charge on any atom is 0.182 e. The first-order valence-corrected chi connectivity index (χ1v) is 5.37. The summed E-state index contributed by atoms with van der Waals surface area (Å²) in [5.41, 5.74) is 0.405. The van der Waals surface area contributed by atoms with E-state index in [1.807, 2.05) is 4.90 Å². The Morgan fingerprint density at radius 2 is 1.87 bits per heavy atom. The summed E-state index contributed by atoms with van der Waals surface area (Å²) in [6.07, 6.45) is 2.10. The van der Waals surface area contributed by atoms with Crippen molar-refractivity contribution >= 4 is 5.69 Å². The molecule has 82 valence electrons. The molecule has 0 bridgehead atoms. The van der Waals surface area contributed by atoms with Crippen LogP contribution in [0, 0.1) is 17.6 Å². The lowest BCUT2D eigenvalue weighted by Crippen LogP contribution is -2.33. The summed E-state index contributed by atoms with van der Waals surface area (Å²) in [7, 11) is 0. The van der Waals surface area contributed by atoms with Gasteiger partial charge in [0.15, 0.2) is 11.6 Å². The quantitative estimate of drug-likeness (QED) is 0.689. The van der Waals surface area contributed by atoms with Crippen LogP contribution in [0.1, 0.15) is 19.8 Å². The van der Waals surface area contributed by atoms with Gasteiger partial charge in [0, 0.05) is 13.1 Å². The van der Waals surface area contributed by atoms with E-state index in [1.54, 1.807) is 12.1 Å². The molecular formula is C12H15F2N. The molecule has 3 heteroatoms. The van der Waals surface area contributed by atoms with E-state index in [9.17, 15) is 8.78 Å². The highest BCUT2D eigenvalue weighted by Gasteiger charge is 2.19. The van der Waals surface area contributed by atoms with Crippen molar-refractivity contribution in [2.24, 2.45) is 5.92 Å². The molecular weight excluding hydrogens is 196 g/mol. The Hall–Kier alpha value is -1.12. The molecule has 0 N–H and O–H groups in total. The van der Waals surface area contributed by atoms with Crippen molar-refractivity contribution in [3.63, 3.8) is 0 Å². The molecule has 0 aromatic heterocycles. The molecule has 1 nitrogen and oxygen atoms in total. The second-order valence-electron chi connectivity index (χ2n) is 4.24. The van der Waals surface area contributed by atoms with Crippen LogP contribution in [-0.4, -0.2) is 13.1 Å². The fourth-order valence-corrected chi connectivity index (χ4v) is 1.99. The van der Waals surface area contributed by atoms with Crippen LogP contribution in [0.5, 0.6) is 0 Å². The van der Waals surface area contributed by atoms with E-state index in [-0.39, 0.29) is 0 Å². The highest BCUT2D eigenvalue weighted by Crippen LogP contribution is 2.26. The van der Waals surface area contributed by atoms with Crippen LogP contribution in [0.3, 0.4) is 0 Å². The van der Waals surface area contributed by atoms with Gasteiger partial charge in [0.25, 0.3) is 0 Å². The van der Waals surface area contributed by atoms with Crippen molar-refractivity contribution in [2.75, 3.05) is 18.0 Å². The number of halogens is 2. The van der Waals surface area contributed by atoms with Crippen molar-refractivity contribution in [2.45, 2.75) is 19.8 Å². The lowest BCUT2D eigenvalue weighted by atomic mass is 9.99. The van der Waals surface area contributed by atoms with Crippen LogP contribution >= 0.6 is 0 Å². The number of hydrogen-bond donors (Lipinski definition) is 0. The maximum absolute atomic E-state index is 13.5. The average molecular weight is 211 g/mol. The Morgan fingerprint density at radius 1 is 1.20 bits per heavy atom. The number of hydrogen-bond acceptors (Lipinski definition) is 1. The van der Waals surface area contributed by atoms with Crippen molar-refractivity contribution in [1.82, 2.24) is 0 Å². The normalized spacial score (nSPS) is 18.2. The first-order chi connectivity index (χ1) is 7.18. The molecule has 0 unspecified atom stereocenters. The Morgan fingerprint density at radius 3 is 2.53 bits per heavy atom. The molecule has 1 fully saturated rings. The van der Waals surface area contributed by atoms with Crippen LogP contribution in [0.15, 0.2) is 18.2 Å². The van der Waals surface area contributed by atoms with Gasteiger partial charge in [0.2, 0.25) is 0 Å². The minimum absolute atomic E-state index is 0.405.